The number of H-pyrrole nitrogens is 1. The summed E-state index contributed by atoms with van der Waals surface area (Å²) >= 11 is 0. The van der Waals surface area contributed by atoms with E-state index in [-0.39, 0.29) is 37.1 Å². The van der Waals surface area contributed by atoms with Gasteiger partial charge in [0.15, 0.2) is 0 Å². The van der Waals surface area contributed by atoms with E-state index >= 15 is 8.78 Å². The van der Waals surface area contributed by atoms with E-state index in [0.29, 0.717) is 54.6 Å². The van der Waals surface area contributed by atoms with Gasteiger partial charge in [-0.05, 0) is 49.6 Å². The van der Waals surface area contributed by atoms with Crippen LogP contribution in [-0.2, 0) is 6.42 Å². The van der Waals surface area contributed by atoms with Gasteiger partial charge in [-0.15, -0.1) is 0 Å². The molecule has 0 spiro atoms. The second-order valence-corrected chi connectivity index (χ2v) is 10.4. The summed E-state index contributed by atoms with van der Waals surface area (Å²) in [5, 5.41) is 13.0. The molecule has 0 radical (unpaired) electrons. The quantitative estimate of drug-likeness (QED) is 0.357. The summed E-state index contributed by atoms with van der Waals surface area (Å²) in [6.07, 6.45) is 0.814. The third kappa shape index (κ3) is 5.06. The molecule has 3 aromatic rings. The smallest absolute Gasteiger partial charge is 0.143 e. The summed E-state index contributed by atoms with van der Waals surface area (Å²) in [7, 11) is 0. The maximum atomic E-state index is 15.6. The molecule has 1 aromatic heterocycles. The lowest BCUT2D eigenvalue weighted by atomic mass is 9.90. The van der Waals surface area contributed by atoms with Crippen LogP contribution in [0.2, 0.25) is 0 Å². The van der Waals surface area contributed by atoms with Gasteiger partial charge in [0, 0.05) is 60.6 Å². The summed E-state index contributed by atoms with van der Waals surface area (Å²) in [5.74, 6) is -2.04. The number of aliphatic hydroxyl groups excluding tert-OH is 1. The van der Waals surface area contributed by atoms with E-state index in [2.05, 4.69) is 15.2 Å². The highest BCUT2D eigenvalue weighted by Gasteiger charge is 2.39. The molecule has 5 nitrogen and oxygen atoms in total. The third-order valence-corrected chi connectivity index (χ3v) is 7.35. The molecule has 200 valence electrons. The van der Waals surface area contributed by atoms with E-state index in [9.17, 15) is 18.3 Å². The molecule has 3 N–H and O–H groups in total. The van der Waals surface area contributed by atoms with Crippen molar-refractivity contribution in [3.05, 3.63) is 64.6 Å². The van der Waals surface area contributed by atoms with Gasteiger partial charge < -0.3 is 15.4 Å². The average molecular weight is 523 g/mol. The van der Waals surface area contributed by atoms with E-state index in [1.54, 1.807) is 17.0 Å². The lowest BCUT2D eigenvalue weighted by molar-refractivity contribution is 0.0336. The highest BCUT2D eigenvalue weighted by atomic mass is 19.2. The van der Waals surface area contributed by atoms with Crippen LogP contribution >= 0.6 is 0 Å². The van der Waals surface area contributed by atoms with Gasteiger partial charge in [-0.3, -0.25) is 14.2 Å². The number of hydrogen-bond donors (Lipinski definition) is 3. The summed E-state index contributed by atoms with van der Waals surface area (Å²) < 4.78 is 73.3. The minimum Gasteiger partial charge on any atom is -0.393 e. The van der Waals surface area contributed by atoms with Crippen molar-refractivity contribution in [2.24, 2.45) is 0 Å². The molecule has 10 heteroatoms. The number of benzene rings is 2. The Bertz CT molecular complexity index is 1250. The van der Waals surface area contributed by atoms with Gasteiger partial charge in [-0.25, -0.2) is 17.6 Å². The Kier molecular flexibility index (Phi) is 7.17. The van der Waals surface area contributed by atoms with Crippen molar-refractivity contribution < 1.29 is 27.1 Å². The Morgan fingerprint density at radius 1 is 1.14 bits per heavy atom. The van der Waals surface area contributed by atoms with Gasteiger partial charge in [-0.2, -0.15) is 0 Å². The molecule has 2 atom stereocenters. The fourth-order valence-corrected chi connectivity index (χ4v) is 5.61. The number of alkyl halides is 2. The number of aliphatic hydroxyl groups is 1. The van der Waals surface area contributed by atoms with Crippen LogP contribution in [0.25, 0.3) is 10.9 Å². The Morgan fingerprint density at radius 3 is 2.54 bits per heavy atom. The van der Waals surface area contributed by atoms with E-state index in [1.165, 1.54) is 25.1 Å². The van der Waals surface area contributed by atoms with Gasteiger partial charge in [0.1, 0.15) is 23.1 Å². The number of aromatic nitrogens is 1. The first-order valence-electron chi connectivity index (χ1n) is 12.6. The molecule has 1 saturated heterocycles. The SMILES string of the molecule is C[C@@](F)(CO)CN1CCc2c([nH]c3cccc(F)c23)[C@@H]1c1c(F)cc(NC2CN(CCCF)C2)cc1F. The normalized spacial score (nSPS) is 20.6. The van der Waals surface area contributed by atoms with E-state index in [0.717, 1.165) is 0 Å². The molecule has 0 saturated carbocycles. The van der Waals surface area contributed by atoms with Crippen molar-refractivity contribution in [2.45, 2.75) is 37.5 Å². The van der Waals surface area contributed by atoms with Crippen LogP contribution in [0.4, 0.5) is 27.6 Å². The largest absolute Gasteiger partial charge is 0.393 e. The maximum absolute atomic E-state index is 15.6. The van der Waals surface area contributed by atoms with Crippen LogP contribution in [-0.4, -0.2) is 77.6 Å². The molecule has 0 aliphatic carbocycles. The summed E-state index contributed by atoms with van der Waals surface area (Å²) in [6.45, 7) is 2.03. The lowest BCUT2D eigenvalue weighted by Crippen LogP contribution is -2.54. The molecule has 0 amide bonds. The maximum Gasteiger partial charge on any atom is 0.143 e. The number of likely N-dealkylation sites (tertiary alicyclic amines) is 1. The number of nitrogens with one attached hydrogen (secondary N) is 2. The van der Waals surface area contributed by atoms with E-state index in [4.69, 9.17) is 0 Å². The van der Waals surface area contributed by atoms with Crippen molar-refractivity contribution in [1.82, 2.24) is 14.8 Å². The minimum atomic E-state index is -2.00. The molecular formula is C27H31F5N4O. The van der Waals surface area contributed by atoms with Crippen molar-refractivity contribution in [3.63, 3.8) is 0 Å². The lowest BCUT2D eigenvalue weighted by Gasteiger charge is -2.40. The molecule has 0 bridgehead atoms. The molecule has 1 fully saturated rings. The Balaban J connectivity index is 1.49. The average Bonchev–Trinajstić information content (AvgIpc) is 3.21. The zero-order valence-electron chi connectivity index (χ0n) is 20.6. The van der Waals surface area contributed by atoms with E-state index in [1.807, 2.05) is 0 Å². The van der Waals surface area contributed by atoms with Crippen molar-refractivity contribution in [3.8, 4) is 0 Å². The fraction of sp³-hybridized carbons (Fsp3) is 0.481. The first-order chi connectivity index (χ1) is 17.7. The molecule has 2 aliphatic rings. The van der Waals surface area contributed by atoms with Gasteiger partial charge in [0.25, 0.3) is 0 Å². The van der Waals surface area contributed by atoms with Crippen molar-refractivity contribution in [2.75, 3.05) is 51.3 Å². The van der Waals surface area contributed by atoms with Gasteiger partial charge >= 0.3 is 0 Å². The van der Waals surface area contributed by atoms with Crippen LogP contribution in [0.5, 0.6) is 0 Å². The Morgan fingerprint density at radius 2 is 1.86 bits per heavy atom. The summed E-state index contributed by atoms with van der Waals surface area (Å²) in [5.41, 5.74) is -0.442. The van der Waals surface area contributed by atoms with Crippen LogP contribution in [0.1, 0.15) is 36.2 Å². The number of anilines is 1. The number of nitrogens with zero attached hydrogens (tertiary/aromatic N) is 2. The van der Waals surface area contributed by atoms with Crippen LogP contribution in [0.3, 0.4) is 0 Å². The second kappa shape index (κ2) is 10.2. The Labute approximate surface area is 212 Å². The highest BCUT2D eigenvalue weighted by Crippen LogP contribution is 2.42. The topological polar surface area (TPSA) is 54.5 Å². The Hall–Kier alpha value is -2.69. The second-order valence-electron chi connectivity index (χ2n) is 10.4. The van der Waals surface area contributed by atoms with Gasteiger partial charge in [0.05, 0.1) is 25.4 Å². The monoisotopic (exact) mass is 522 g/mol. The predicted octanol–water partition coefficient (Wildman–Crippen LogP) is 4.71. The molecular weight excluding hydrogens is 491 g/mol. The third-order valence-electron chi connectivity index (χ3n) is 7.35. The van der Waals surface area contributed by atoms with Crippen LogP contribution in [0, 0.1) is 17.5 Å². The number of halogens is 5. The fourth-order valence-electron chi connectivity index (χ4n) is 5.61. The minimum absolute atomic E-state index is 0.00414. The molecule has 37 heavy (non-hydrogen) atoms. The molecule has 2 aromatic carbocycles. The summed E-state index contributed by atoms with van der Waals surface area (Å²) in [6, 6.07) is 5.99. The highest BCUT2D eigenvalue weighted by molar-refractivity contribution is 5.86. The van der Waals surface area contributed by atoms with E-state index < -0.39 is 35.8 Å². The first kappa shape index (κ1) is 25.9. The van der Waals surface area contributed by atoms with Crippen LogP contribution in [0.15, 0.2) is 30.3 Å². The van der Waals surface area contributed by atoms with Crippen molar-refractivity contribution in [1.29, 1.82) is 0 Å². The number of aromatic amines is 1. The van der Waals surface area contributed by atoms with Crippen molar-refractivity contribution >= 4 is 16.6 Å². The standard InChI is InChI=1S/C27H31F5N4O/c1-27(32,15-37)14-36-9-6-18-23-19(29)4-2-5-22(23)34-25(18)26(36)24-20(30)10-16(11-21(24)31)33-17-12-35(13-17)8-3-7-28/h2,4-5,10-11,17,26,33-34,37H,3,6-9,12-15H2,1H3/t26-,27-/m0/s1. The molecule has 2 aliphatic heterocycles. The molecule has 0 unspecified atom stereocenters. The number of fused-ring (bicyclic) bond motifs is 3. The van der Waals surface area contributed by atoms with Gasteiger partial charge in [0.2, 0.25) is 0 Å². The first-order valence-corrected chi connectivity index (χ1v) is 12.6. The number of hydrogen-bond acceptors (Lipinski definition) is 4. The molecule has 5 rings (SSSR count). The number of rotatable bonds is 9. The predicted molar refractivity (Wildman–Crippen MR) is 133 cm³/mol. The summed E-state index contributed by atoms with van der Waals surface area (Å²) in [4.78, 5) is 6.78. The molecule has 3 heterocycles. The zero-order chi connectivity index (χ0) is 26.3. The zero-order valence-corrected chi connectivity index (χ0v) is 20.6. The van der Waals surface area contributed by atoms with Crippen LogP contribution < -0.4 is 5.32 Å². The van der Waals surface area contributed by atoms with Gasteiger partial charge in [-0.1, -0.05) is 6.07 Å².